The highest BCUT2D eigenvalue weighted by atomic mass is 35.5. The summed E-state index contributed by atoms with van der Waals surface area (Å²) in [5.41, 5.74) is -0.682. The molecule has 0 aromatic heterocycles. The highest BCUT2D eigenvalue weighted by Gasteiger charge is 2.08. The van der Waals surface area contributed by atoms with Crippen molar-refractivity contribution in [3.8, 4) is 11.8 Å². The molecule has 0 bridgehead atoms. The van der Waals surface area contributed by atoms with Crippen molar-refractivity contribution in [1.29, 1.82) is 0 Å². The Labute approximate surface area is 93.9 Å². The maximum absolute atomic E-state index is 11.5. The van der Waals surface area contributed by atoms with Crippen LogP contribution in [0.3, 0.4) is 0 Å². The molecule has 0 atom stereocenters. The van der Waals surface area contributed by atoms with Gasteiger partial charge in [-0.1, -0.05) is 17.5 Å². The summed E-state index contributed by atoms with van der Waals surface area (Å²) in [5.74, 6) is 4.51. The molecule has 1 aromatic rings. The molecule has 0 aliphatic carbocycles. The van der Waals surface area contributed by atoms with E-state index in [0.29, 0.717) is 10.6 Å². The van der Waals surface area contributed by atoms with Crippen LogP contribution in [-0.2, 0) is 0 Å². The number of aliphatic hydroxyl groups is 1. The molecule has 1 aromatic carbocycles. The van der Waals surface area contributed by atoms with Gasteiger partial charge in [0.2, 0.25) is 5.78 Å². The molecule has 3 heteroatoms. The number of hydrogen-bond acceptors (Lipinski definition) is 2. The first-order valence-corrected chi connectivity index (χ1v) is 4.82. The number of Topliss-reactive ketones (excluding diaryl/α,β-unsaturated/α-hetero) is 1. The Kier molecular flexibility index (Phi) is 3.52. The predicted octanol–water partition coefficient (Wildman–Crippen LogP) is 2.30. The summed E-state index contributed by atoms with van der Waals surface area (Å²) in [7, 11) is 0. The Morgan fingerprint density at radius 2 is 1.87 bits per heavy atom. The van der Waals surface area contributed by atoms with Crippen LogP contribution < -0.4 is 0 Å². The van der Waals surface area contributed by atoms with Gasteiger partial charge in [-0.25, -0.2) is 0 Å². The summed E-state index contributed by atoms with van der Waals surface area (Å²) in [5, 5.41) is 9.88. The van der Waals surface area contributed by atoms with Crippen molar-refractivity contribution in [2.24, 2.45) is 0 Å². The largest absolute Gasteiger partial charge is 0.378 e. The summed E-state index contributed by atoms with van der Waals surface area (Å²) in [6.45, 7) is 3.05. The van der Waals surface area contributed by atoms with Crippen molar-refractivity contribution in [2.45, 2.75) is 19.4 Å². The van der Waals surface area contributed by atoms with Crippen molar-refractivity contribution in [2.75, 3.05) is 0 Å². The van der Waals surface area contributed by atoms with E-state index in [4.69, 9.17) is 11.6 Å². The number of carbonyl (C=O) groups excluding carboxylic acids is 1. The third kappa shape index (κ3) is 4.16. The summed E-state index contributed by atoms with van der Waals surface area (Å²) in [6.07, 6.45) is 0. The molecule has 1 rings (SSSR count). The fourth-order valence-electron chi connectivity index (χ4n) is 0.883. The van der Waals surface area contributed by atoms with E-state index in [1.165, 1.54) is 13.8 Å². The minimum atomic E-state index is -1.15. The number of halogens is 1. The average Bonchev–Trinajstić information content (AvgIpc) is 2.14. The molecule has 0 fully saturated rings. The first-order chi connectivity index (χ1) is 6.88. The molecule has 78 valence electrons. The van der Waals surface area contributed by atoms with Gasteiger partial charge in [0, 0.05) is 10.6 Å². The van der Waals surface area contributed by atoms with Crippen LogP contribution in [0.1, 0.15) is 24.2 Å². The lowest BCUT2D eigenvalue weighted by molar-refractivity contribution is 0.105. The molecule has 1 N–H and O–H groups in total. The first kappa shape index (κ1) is 11.8. The smallest absolute Gasteiger partial charge is 0.235 e. The van der Waals surface area contributed by atoms with Gasteiger partial charge in [0.15, 0.2) is 0 Å². The maximum atomic E-state index is 11.5. The lowest BCUT2D eigenvalue weighted by atomic mass is 10.1. The van der Waals surface area contributed by atoms with E-state index in [0.717, 1.165) is 0 Å². The molecule has 0 saturated heterocycles. The zero-order chi connectivity index (χ0) is 11.5. The molecule has 0 aliphatic heterocycles. The average molecular weight is 223 g/mol. The van der Waals surface area contributed by atoms with Gasteiger partial charge >= 0.3 is 0 Å². The number of ketones is 1. The molecule has 0 radical (unpaired) electrons. The second kappa shape index (κ2) is 4.48. The Balaban J connectivity index is 2.86. The van der Waals surface area contributed by atoms with Crippen LogP contribution in [-0.4, -0.2) is 16.5 Å². The lowest BCUT2D eigenvalue weighted by Crippen LogP contribution is -2.15. The maximum Gasteiger partial charge on any atom is 0.235 e. The van der Waals surface area contributed by atoms with Crippen LogP contribution in [0.5, 0.6) is 0 Å². The second-order valence-electron chi connectivity index (χ2n) is 3.65. The number of benzene rings is 1. The first-order valence-electron chi connectivity index (χ1n) is 4.44. The van der Waals surface area contributed by atoms with Crippen molar-refractivity contribution in [3.05, 3.63) is 34.9 Å². The molecule has 15 heavy (non-hydrogen) atoms. The fraction of sp³-hybridized carbons (Fsp3) is 0.250. The van der Waals surface area contributed by atoms with Gasteiger partial charge in [-0.2, -0.15) is 0 Å². The van der Waals surface area contributed by atoms with Gasteiger partial charge in [0.1, 0.15) is 5.60 Å². The third-order valence-electron chi connectivity index (χ3n) is 1.59. The van der Waals surface area contributed by atoms with E-state index in [2.05, 4.69) is 11.8 Å². The monoisotopic (exact) mass is 222 g/mol. The zero-order valence-electron chi connectivity index (χ0n) is 8.54. The minimum Gasteiger partial charge on any atom is -0.378 e. The minimum absolute atomic E-state index is 0.325. The summed E-state index contributed by atoms with van der Waals surface area (Å²) >= 11 is 5.68. The number of hydrogen-bond donors (Lipinski definition) is 1. The molecule has 0 unspecified atom stereocenters. The standard InChI is InChI=1S/C12H11ClO2/c1-12(2,15)8-7-11(14)9-3-5-10(13)6-4-9/h3-6,15H,1-2H3. The van der Waals surface area contributed by atoms with Crippen LogP contribution in [0, 0.1) is 11.8 Å². The molecule has 0 spiro atoms. The Morgan fingerprint density at radius 3 is 2.33 bits per heavy atom. The van der Waals surface area contributed by atoms with Crippen LogP contribution >= 0.6 is 11.6 Å². The fourth-order valence-corrected chi connectivity index (χ4v) is 1.01. The highest BCUT2D eigenvalue weighted by Crippen LogP contribution is 2.09. The van der Waals surface area contributed by atoms with Gasteiger partial charge in [0.25, 0.3) is 0 Å². The van der Waals surface area contributed by atoms with E-state index < -0.39 is 5.60 Å². The SMILES string of the molecule is CC(C)(O)C#CC(=O)c1ccc(Cl)cc1. The van der Waals surface area contributed by atoms with Crippen LogP contribution in [0.15, 0.2) is 24.3 Å². The number of carbonyl (C=O) groups is 1. The zero-order valence-corrected chi connectivity index (χ0v) is 9.30. The lowest BCUT2D eigenvalue weighted by Gasteiger charge is -2.05. The highest BCUT2D eigenvalue weighted by molar-refractivity contribution is 6.30. The van der Waals surface area contributed by atoms with E-state index >= 15 is 0 Å². The van der Waals surface area contributed by atoms with Gasteiger partial charge in [-0.3, -0.25) is 4.79 Å². The third-order valence-corrected chi connectivity index (χ3v) is 1.84. The van der Waals surface area contributed by atoms with Crippen LogP contribution in [0.2, 0.25) is 5.02 Å². The second-order valence-corrected chi connectivity index (χ2v) is 4.08. The molecule has 0 amide bonds. The molecule has 0 heterocycles. The normalized spacial score (nSPS) is 10.4. The van der Waals surface area contributed by atoms with E-state index in [-0.39, 0.29) is 5.78 Å². The van der Waals surface area contributed by atoms with E-state index in [1.54, 1.807) is 24.3 Å². The summed E-state index contributed by atoms with van der Waals surface area (Å²) < 4.78 is 0. The molecule has 0 saturated carbocycles. The van der Waals surface area contributed by atoms with E-state index in [9.17, 15) is 9.90 Å². The Hall–Kier alpha value is -1.30. The van der Waals surface area contributed by atoms with Crippen molar-refractivity contribution < 1.29 is 9.90 Å². The molecule has 2 nitrogen and oxygen atoms in total. The predicted molar refractivity (Wildman–Crippen MR) is 59.9 cm³/mol. The quantitative estimate of drug-likeness (QED) is 0.450. The Morgan fingerprint density at radius 1 is 1.33 bits per heavy atom. The van der Waals surface area contributed by atoms with Crippen LogP contribution in [0.4, 0.5) is 0 Å². The van der Waals surface area contributed by atoms with Gasteiger partial charge in [0.05, 0.1) is 0 Å². The van der Waals surface area contributed by atoms with Crippen molar-refractivity contribution >= 4 is 17.4 Å². The van der Waals surface area contributed by atoms with Crippen LogP contribution in [0.25, 0.3) is 0 Å². The van der Waals surface area contributed by atoms with Gasteiger partial charge in [-0.15, -0.1) is 0 Å². The van der Waals surface area contributed by atoms with Gasteiger partial charge < -0.3 is 5.11 Å². The topological polar surface area (TPSA) is 37.3 Å². The summed E-state index contributed by atoms with van der Waals surface area (Å²) in [4.78, 5) is 11.5. The number of rotatable bonds is 1. The van der Waals surface area contributed by atoms with Crippen molar-refractivity contribution in [1.82, 2.24) is 0 Å². The van der Waals surface area contributed by atoms with Gasteiger partial charge in [-0.05, 0) is 44.0 Å². The summed E-state index contributed by atoms with van der Waals surface area (Å²) in [6, 6.07) is 6.45. The Bertz CT molecular complexity index is 416. The molecule has 0 aliphatic rings. The van der Waals surface area contributed by atoms with E-state index in [1.807, 2.05) is 0 Å². The van der Waals surface area contributed by atoms with Crippen molar-refractivity contribution in [3.63, 3.8) is 0 Å². The molecular weight excluding hydrogens is 212 g/mol. The molecular formula is C12H11ClO2.